The van der Waals surface area contributed by atoms with Gasteiger partial charge in [0.05, 0.1) is 6.26 Å². The predicted octanol–water partition coefficient (Wildman–Crippen LogP) is 2.38. The molecule has 0 bridgehead atoms. The van der Waals surface area contributed by atoms with Crippen molar-refractivity contribution in [2.45, 2.75) is 56.9 Å². The Labute approximate surface area is 150 Å². The SMILES string of the molecule is CC(C)NC(=O)C[C@H]1CC2(CCN(S(C)(=O)=O)CC2)c2ccccc21. The van der Waals surface area contributed by atoms with Gasteiger partial charge in [0.15, 0.2) is 0 Å². The minimum Gasteiger partial charge on any atom is -0.354 e. The van der Waals surface area contributed by atoms with Crippen LogP contribution in [0.4, 0.5) is 0 Å². The Kier molecular flexibility index (Phi) is 4.95. The van der Waals surface area contributed by atoms with E-state index in [9.17, 15) is 13.2 Å². The van der Waals surface area contributed by atoms with Crippen LogP contribution in [0.3, 0.4) is 0 Å². The first-order chi connectivity index (χ1) is 11.7. The fourth-order valence-electron chi connectivity index (χ4n) is 4.53. The van der Waals surface area contributed by atoms with Crippen molar-refractivity contribution in [1.82, 2.24) is 9.62 Å². The van der Waals surface area contributed by atoms with E-state index < -0.39 is 10.0 Å². The van der Waals surface area contributed by atoms with Crippen molar-refractivity contribution >= 4 is 15.9 Å². The summed E-state index contributed by atoms with van der Waals surface area (Å²) in [4.78, 5) is 12.3. The Balaban J connectivity index is 1.80. The van der Waals surface area contributed by atoms with Gasteiger partial charge in [-0.2, -0.15) is 0 Å². The lowest BCUT2D eigenvalue weighted by atomic mass is 9.73. The van der Waals surface area contributed by atoms with Crippen LogP contribution in [0.1, 0.15) is 56.6 Å². The van der Waals surface area contributed by atoms with E-state index >= 15 is 0 Å². The number of carbonyl (C=O) groups is 1. The number of nitrogens with zero attached hydrogens (tertiary/aromatic N) is 1. The minimum absolute atomic E-state index is 0.0144. The third-order valence-corrected chi connectivity index (χ3v) is 6.94. The first kappa shape index (κ1) is 18.4. The maximum Gasteiger partial charge on any atom is 0.220 e. The van der Waals surface area contributed by atoms with E-state index in [1.165, 1.54) is 17.4 Å². The van der Waals surface area contributed by atoms with Crippen molar-refractivity contribution in [2.75, 3.05) is 19.3 Å². The van der Waals surface area contributed by atoms with Crippen LogP contribution < -0.4 is 5.32 Å². The monoisotopic (exact) mass is 364 g/mol. The summed E-state index contributed by atoms with van der Waals surface area (Å²) in [6, 6.07) is 8.55. The number of hydrogen-bond acceptors (Lipinski definition) is 3. The third-order valence-electron chi connectivity index (χ3n) is 5.64. The second-order valence-electron chi connectivity index (χ2n) is 7.86. The summed E-state index contributed by atoms with van der Waals surface area (Å²) in [6.07, 6.45) is 4.40. The van der Waals surface area contributed by atoms with Gasteiger partial charge in [-0.25, -0.2) is 12.7 Å². The molecule has 25 heavy (non-hydrogen) atoms. The van der Waals surface area contributed by atoms with Crippen molar-refractivity contribution < 1.29 is 13.2 Å². The summed E-state index contributed by atoms with van der Waals surface area (Å²) in [7, 11) is -3.13. The number of fused-ring (bicyclic) bond motifs is 2. The summed E-state index contributed by atoms with van der Waals surface area (Å²) < 4.78 is 25.2. The molecule has 1 N–H and O–H groups in total. The summed E-state index contributed by atoms with van der Waals surface area (Å²) in [6.45, 7) is 5.09. The molecule has 1 fully saturated rings. The topological polar surface area (TPSA) is 66.5 Å². The number of piperidine rings is 1. The fourth-order valence-corrected chi connectivity index (χ4v) is 5.38. The van der Waals surface area contributed by atoms with Gasteiger partial charge in [0.2, 0.25) is 15.9 Å². The summed E-state index contributed by atoms with van der Waals surface area (Å²) in [5.41, 5.74) is 2.61. The Bertz CT molecular complexity index is 750. The zero-order valence-corrected chi connectivity index (χ0v) is 16.1. The van der Waals surface area contributed by atoms with Gasteiger partial charge >= 0.3 is 0 Å². The largest absolute Gasteiger partial charge is 0.354 e. The maximum absolute atomic E-state index is 12.3. The van der Waals surface area contributed by atoms with Crippen molar-refractivity contribution in [1.29, 1.82) is 0 Å². The predicted molar refractivity (Wildman–Crippen MR) is 99.0 cm³/mol. The van der Waals surface area contributed by atoms with Crippen molar-refractivity contribution in [2.24, 2.45) is 0 Å². The molecule has 1 spiro atoms. The van der Waals surface area contributed by atoms with Gasteiger partial charge in [-0.15, -0.1) is 0 Å². The lowest BCUT2D eigenvalue weighted by Gasteiger charge is -2.39. The van der Waals surface area contributed by atoms with E-state index in [2.05, 4.69) is 23.5 Å². The van der Waals surface area contributed by atoms with Crippen molar-refractivity contribution in [3.05, 3.63) is 35.4 Å². The molecule has 0 radical (unpaired) electrons. The van der Waals surface area contributed by atoms with Gasteiger partial charge < -0.3 is 5.32 Å². The zero-order valence-electron chi connectivity index (χ0n) is 15.3. The molecule has 1 amide bonds. The van der Waals surface area contributed by atoms with Gasteiger partial charge in [0.1, 0.15) is 0 Å². The average Bonchev–Trinajstić information content (AvgIpc) is 2.80. The fraction of sp³-hybridized carbons (Fsp3) is 0.632. The molecule has 2 aliphatic rings. The molecule has 0 aromatic heterocycles. The highest BCUT2D eigenvalue weighted by Crippen LogP contribution is 2.52. The molecule has 138 valence electrons. The standard InChI is InChI=1S/C19H28N2O3S/c1-14(2)20-18(22)12-15-13-19(17-7-5-4-6-16(15)17)8-10-21(11-9-19)25(3,23)24/h4-7,14-15H,8-13H2,1-3H3,(H,20,22)/t15-/m0/s1. The summed E-state index contributed by atoms with van der Waals surface area (Å²) >= 11 is 0. The van der Waals surface area contributed by atoms with Gasteiger partial charge in [-0.05, 0) is 55.6 Å². The molecule has 1 heterocycles. The number of carbonyl (C=O) groups excluding carboxylic acids is 1. The molecule has 3 rings (SSSR count). The highest BCUT2D eigenvalue weighted by Gasteiger charge is 2.46. The van der Waals surface area contributed by atoms with Crippen LogP contribution in [0, 0.1) is 0 Å². The summed E-state index contributed by atoms with van der Waals surface area (Å²) in [5, 5.41) is 2.99. The van der Waals surface area contributed by atoms with Crippen LogP contribution in [0.5, 0.6) is 0 Å². The second kappa shape index (κ2) is 6.72. The third kappa shape index (κ3) is 3.75. The zero-order chi connectivity index (χ0) is 18.2. The smallest absolute Gasteiger partial charge is 0.220 e. The van der Waals surface area contributed by atoms with Gasteiger partial charge in [0.25, 0.3) is 0 Å². The van der Waals surface area contributed by atoms with Crippen LogP contribution in [0.2, 0.25) is 0 Å². The molecule has 0 unspecified atom stereocenters. The second-order valence-corrected chi connectivity index (χ2v) is 9.84. The Morgan fingerprint density at radius 1 is 1.28 bits per heavy atom. The normalized spacial score (nSPS) is 23.0. The Morgan fingerprint density at radius 2 is 1.92 bits per heavy atom. The van der Waals surface area contributed by atoms with Crippen LogP contribution in [-0.4, -0.2) is 44.0 Å². The molecule has 5 nitrogen and oxygen atoms in total. The highest BCUT2D eigenvalue weighted by atomic mass is 32.2. The highest BCUT2D eigenvalue weighted by molar-refractivity contribution is 7.88. The number of sulfonamides is 1. The van der Waals surface area contributed by atoms with Gasteiger partial charge in [0, 0.05) is 25.6 Å². The first-order valence-corrected chi connectivity index (χ1v) is 10.9. The van der Waals surface area contributed by atoms with Crippen LogP contribution in [-0.2, 0) is 20.2 Å². The molecule has 6 heteroatoms. The first-order valence-electron chi connectivity index (χ1n) is 9.05. The quantitative estimate of drug-likeness (QED) is 0.892. The minimum atomic E-state index is -3.13. The number of rotatable bonds is 4. The molecule has 1 saturated heterocycles. The van der Waals surface area contributed by atoms with Crippen LogP contribution in [0.25, 0.3) is 0 Å². The number of benzene rings is 1. The molecular weight excluding hydrogens is 336 g/mol. The van der Waals surface area contributed by atoms with Crippen LogP contribution in [0.15, 0.2) is 24.3 Å². The number of amides is 1. The van der Waals surface area contributed by atoms with E-state index in [1.54, 1.807) is 4.31 Å². The lowest BCUT2D eigenvalue weighted by Crippen LogP contribution is -2.44. The molecule has 1 aromatic carbocycles. The molecule has 0 saturated carbocycles. The Morgan fingerprint density at radius 3 is 2.52 bits per heavy atom. The molecular formula is C19H28N2O3S. The molecule has 1 aromatic rings. The lowest BCUT2D eigenvalue weighted by molar-refractivity contribution is -0.122. The summed E-state index contributed by atoms with van der Waals surface area (Å²) in [5.74, 6) is 0.320. The van der Waals surface area contributed by atoms with Gasteiger partial charge in [-0.3, -0.25) is 4.79 Å². The van der Waals surface area contributed by atoms with E-state index in [4.69, 9.17) is 0 Å². The van der Waals surface area contributed by atoms with Crippen LogP contribution >= 0.6 is 0 Å². The van der Waals surface area contributed by atoms with E-state index in [0.717, 1.165) is 19.3 Å². The molecule has 1 aliphatic heterocycles. The van der Waals surface area contributed by atoms with Crippen molar-refractivity contribution in [3.8, 4) is 0 Å². The van der Waals surface area contributed by atoms with E-state index in [0.29, 0.717) is 19.5 Å². The molecule has 1 atom stereocenters. The van der Waals surface area contributed by atoms with Gasteiger partial charge in [-0.1, -0.05) is 24.3 Å². The number of hydrogen-bond donors (Lipinski definition) is 1. The van der Waals surface area contributed by atoms with E-state index in [1.807, 2.05) is 19.9 Å². The average molecular weight is 365 g/mol. The maximum atomic E-state index is 12.3. The molecule has 1 aliphatic carbocycles. The Hall–Kier alpha value is -1.40. The number of nitrogens with one attached hydrogen (secondary N) is 1. The van der Waals surface area contributed by atoms with Crippen molar-refractivity contribution in [3.63, 3.8) is 0 Å². The van der Waals surface area contributed by atoms with E-state index in [-0.39, 0.29) is 23.3 Å².